The molecule has 1 aliphatic rings. The van der Waals surface area contributed by atoms with E-state index in [1.165, 1.54) is 12.8 Å². The maximum atomic E-state index is 11.1. The lowest BCUT2D eigenvalue weighted by Gasteiger charge is -2.02. The van der Waals surface area contributed by atoms with Crippen LogP contribution in [0.15, 0.2) is 6.20 Å². The Kier molecular flexibility index (Phi) is 1.87. The van der Waals surface area contributed by atoms with Crippen LogP contribution in [-0.4, -0.2) is 15.8 Å². The fourth-order valence-corrected chi connectivity index (χ4v) is 1.37. The summed E-state index contributed by atoms with van der Waals surface area (Å²) in [6.45, 7) is 3.41. The second-order valence-corrected chi connectivity index (χ2v) is 3.56. The molecule has 1 aromatic rings. The molecule has 0 radical (unpaired) electrons. The molecular formula is C10H12N2O. The van der Waals surface area contributed by atoms with E-state index in [1.807, 2.05) is 6.92 Å². The van der Waals surface area contributed by atoms with Crippen LogP contribution in [0.1, 0.15) is 47.6 Å². The van der Waals surface area contributed by atoms with E-state index in [-0.39, 0.29) is 5.78 Å². The lowest BCUT2D eigenvalue weighted by Crippen LogP contribution is -2.03. The highest BCUT2D eigenvalue weighted by Gasteiger charge is 2.26. The van der Waals surface area contributed by atoms with Gasteiger partial charge in [-0.15, -0.1) is 0 Å². The third kappa shape index (κ3) is 1.59. The first kappa shape index (κ1) is 8.35. The molecule has 0 amide bonds. The van der Waals surface area contributed by atoms with Crippen LogP contribution in [0.3, 0.4) is 0 Å². The van der Waals surface area contributed by atoms with E-state index in [1.54, 1.807) is 13.1 Å². The number of ketones is 1. The van der Waals surface area contributed by atoms with E-state index in [0.29, 0.717) is 11.5 Å². The number of aromatic nitrogens is 2. The second-order valence-electron chi connectivity index (χ2n) is 3.56. The number of hydrogen-bond acceptors (Lipinski definition) is 3. The van der Waals surface area contributed by atoms with Gasteiger partial charge in [0, 0.05) is 12.1 Å². The largest absolute Gasteiger partial charge is 0.294 e. The molecule has 1 heterocycles. The standard InChI is InChI=1S/C10H12N2O/c1-6-9(7(2)13)5-11-10(12-6)8-3-4-8/h5,8H,3-4H2,1-2H3. The fourth-order valence-electron chi connectivity index (χ4n) is 1.37. The molecule has 0 aromatic carbocycles. The van der Waals surface area contributed by atoms with Crippen LogP contribution >= 0.6 is 0 Å². The maximum Gasteiger partial charge on any atom is 0.163 e. The smallest absolute Gasteiger partial charge is 0.163 e. The number of nitrogens with zero attached hydrogens (tertiary/aromatic N) is 2. The number of Topliss-reactive ketones (excluding diaryl/α,β-unsaturated/α-hetero) is 1. The summed E-state index contributed by atoms with van der Waals surface area (Å²) in [5, 5.41) is 0. The topological polar surface area (TPSA) is 42.9 Å². The molecule has 0 aliphatic heterocycles. The van der Waals surface area contributed by atoms with Gasteiger partial charge in [-0.1, -0.05) is 0 Å². The van der Waals surface area contributed by atoms with Crippen LogP contribution in [-0.2, 0) is 0 Å². The molecule has 0 unspecified atom stereocenters. The molecule has 13 heavy (non-hydrogen) atoms. The van der Waals surface area contributed by atoms with Crippen LogP contribution in [0.5, 0.6) is 0 Å². The summed E-state index contributed by atoms with van der Waals surface area (Å²) >= 11 is 0. The average Bonchev–Trinajstić information content (AvgIpc) is 2.85. The van der Waals surface area contributed by atoms with E-state index in [9.17, 15) is 4.79 Å². The van der Waals surface area contributed by atoms with Gasteiger partial charge in [-0.2, -0.15) is 0 Å². The summed E-state index contributed by atoms with van der Waals surface area (Å²) in [6, 6.07) is 0. The van der Waals surface area contributed by atoms with Crippen LogP contribution in [0.4, 0.5) is 0 Å². The van der Waals surface area contributed by atoms with Crippen molar-refractivity contribution in [2.75, 3.05) is 0 Å². The number of aryl methyl sites for hydroxylation is 1. The molecule has 0 bridgehead atoms. The van der Waals surface area contributed by atoms with Gasteiger partial charge < -0.3 is 0 Å². The molecule has 3 heteroatoms. The summed E-state index contributed by atoms with van der Waals surface area (Å²) in [6.07, 6.45) is 4.04. The van der Waals surface area contributed by atoms with Crippen molar-refractivity contribution in [2.45, 2.75) is 32.6 Å². The molecule has 0 N–H and O–H groups in total. The Labute approximate surface area is 77.2 Å². The molecule has 1 aromatic heterocycles. The van der Waals surface area contributed by atoms with Crippen molar-refractivity contribution in [1.82, 2.24) is 9.97 Å². The van der Waals surface area contributed by atoms with Crippen molar-refractivity contribution >= 4 is 5.78 Å². The zero-order valence-electron chi connectivity index (χ0n) is 7.87. The lowest BCUT2D eigenvalue weighted by molar-refractivity contribution is 0.101. The SMILES string of the molecule is CC(=O)c1cnc(C2CC2)nc1C. The first-order chi connectivity index (χ1) is 6.18. The molecule has 3 nitrogen and oxygen atoms in total. The second kappa shape index (κ2) is 2.91. The molecular weight excluding hydrogens is 164 g/mol. The van der Waals surface area contributed by atoms with Crippen LogP contribution in [0.25, 0.3) is 0 Å². The van der Waals surface area contributed by atoms with Crippen LogP contribution < -0.4 is 0 Å². The summed E-state index contributed by atoms with van der Waals surface area (Å²) in [4.78, 5) is 19.6. The highest BCUT2D eigenvalue weighted by Crippen LogP contribution is 2.37. The Bertz CT molecular complexity index is 356. The third-order valence-electron chi connectivity index (χ3n) is 2.32. The van der Waals surface area contributed by atoms with E-state index in [2.05, 4.69) is 9.97 Å². The summed E-state index contributed by atoms with van der Waals surface area (Å²) in [5.41, 5.74) is 1.45. The number of carbonyl (C=O) groups excluding carboxylic acids is 1. The Balaban J connectivity index is 2.36. The molecule has 2 rings (SSSR count). The van der Waals surface area contributed by atoms with Crippen molar-refractivity contribution in [3.05, 3.63) is 23.3 Å². The minimum absolute atomic E-state index is 0.0415. The van der Waals surface area contributed by atoms with Gasteiger partial charge in [0.25, 0.3) is 0 Å². The Morgan fingerprint density at radius 2 is 2.23 bits per heavy atom. The summed E-state index contributed by atoms with van der Waals surface area (Å²) < 4.78 is 0. The first-order valence-corrected chi connectivity index (χ1v) is 4.53. The zero-order valence-corrected chi connectivity index (χ0v) is 7.87. The van der Waals surface area contributed by atoms with Gasteiger partial charge in [-0.05, 0) is 26.7 Å². The van der Waals surface area contributed by atoms with E-state index < -0.39 is 0 Å². The fraction of sp³-hybridized carbons (Fsp3) is 0.500. The monoisotopic (exact) mass is 176 g/mol. The van der Waals surface area contributed by atoms with Gasteiger partial charge in [0.1, 0.15) is 5.82 Å². The molecule has 1 saturated carbocycles. The molecule has 68 valence electrons. The van der Waals surface area contributed by atoms with E-state index >= 15 is 0 Å². The Hall–Kier alpha value is -1.25. The zero-order chi connectivity index (χ0) is 9.42. The van der Waals surface area contributed by atoms with Gasteiger partial charge in [0.15, 0.2) is 5.78 Å². The normalized spacial score (nSPS) is 15.8. The summed E-state index contributed by atoms with van der Waals surface area (Å²) in [5.74, 6) is 1.50. The van der Waals surface area contributed by atoms with E-state index in [4.69, 9.17) is 0 Å². The van der Waals surface area contributed by atoms with Crippen LogP contribution in [0, 0.1) is 6.92 Å². The van der Waals surface area contributed by atoms with Crippen molar-refractivity contribution in [2.24, 2.45) is 0 Å². The number of carbonyl (C=O) groups is 1. The van der Waals surface area contributed by atoms with Crippen molar-refractivity contribution in [3.63, 3.8) is 0 Å². The highest BCUT2D eigenvalue weighted by atomic mass is 16.1. The van der Waals surface area contributed by atoms with Gasteiger partial charge in [-0.25, -0.2) is 9.97 Å². The van der Waals surface area contributed by atoms with Crippen molar-refractivity contribution in [3.8, 4) is 0 Å². The minimum Gasteiger partial charge on any atom is -0.294 e. The molecule has 1 fully saturated rings. The summed E-state index contributed by atoms with van der Waals surface area (Å²) in [7, 11) is 0. The van der Waals surface area contributed by atoms with E-state index in [0.717, 1.165) is 11.5 Å². The molecule has 0 atom stereocenters. The Morgan fingerprint density at radius 3 is 2.69 bits per heavy atom. The van der Waals surface area contributed by atoms with Gasteiger partial charge in [-0.3, -0.25) is 4.79 Å². The van der Waals surface area contributed by atoms with Crippen LogP contribution in [0.2, 0.25) is 0 Å². The van der Waals surface area contributed by atoms with Gasteiger partial charge >= 0.3 is 0 Å². The number of hydrogen-bond donors (Lipinski definition) is 0. The number of rotatable bonds is 2. The van der Waals surface area contributed by atoms with Gasteiger partial charge in [0.2, 0.25) is 0 Å². The Morgan fingerprint density at radius 1 is 1.54 bits per heavy atom. The quantitative estimate of drug-likeness (QED) is 0.646. The molecule has 0 spiro atoms. The highest BCUT2D eigenvalue weighted by molar-refractivity contribution is 5.94. The average molecular weight is 176 g/mol. The van der Waals surface area contributed by atoms with Crippen molar-refractivity contribution < 1.29 is 4.79 Å². The van der Waals surface area contributed by atoms with Crippen molar-refractivity contribution in [1.29, 1.82) is 0 Å². The molecule has 1 aliphatic carbocycles. The van der Waals surface area contributed by atoms with Gasteiger partial charge in [0.05, 0.1) is 11.3 Å². The minimum atomic E-state index is 0.0415. The first-order valence-electron chi connectivity index (χ1n) is 4.53. The molecule has 0 saturated heterocycles. The lowest BCUT2D eigenvalue weighted by atomic mass is 10.2. The predicted octanol–water partition coefficient (Wildman–Crippen LogP) is 1.87. The third-order valence-corrected chi connectivity index (χ3v) is 2.32. The predicted molar refractivity (Wildman–Crippen MR) is 48.7 cm³/mol. The maximum absolute atomic E-state index is 11.1.